The Labute approximate surface area is 179 Å². The van der Waals surface area contributed by atoms with Gasteiger partial charge in [0.25, 0.3) is 5.91 Å². The number of dihydropyridines is 1. The van der Waals surface area contributed by atoms with E-state index in [-0.39, 0.29) is 12.3 Å². The Bertz CT molecular complexity index is 1150. The van der Waals surface area contributed by atoms with Crippen LogP contribution in [0.4, 0.5) is 10.8 Å². The number of anilines is 2. The number of benzene rings is 1. The summed E-state index contributed by atoms with van der Waals surface area (Å²) in [6.45, 7) is 0. The average Bonchev–Trinajstić information content (AvgIpc) is 3.45. The molecule has 1 aliphatic heterocycles. The number of thiazole rings is 1. The zero-order valence-corrected chi connectivity index (χ0v) is 16.8. The number of carbonyl (C=O) groups excluding carboxylic acids is 3. The van der Waals surface area contributed by atoms with Crippen molar-refractivity contribution in [3.63, 3.8) is 0 Å². The molecule has 2 aromatic heterocycles. The molecule has 11 nitrogen and oxygen atoms in total. The number of aryl methyl sites for hydroxylation is 1. The summed E-state index contributed by atoms with van der Waals surface area (Å²) in [5.74, 6) is -2.11. The predicted octanol–water partition coefficient (Wildman–Crippen LogP) is 1.41. The lowest BCUT2D eigenvalue weighted by Gasteiger charge is -2.09. The summed E-state index contributed by atoms with van der Waals surface area (Å²) in [4.78, 5) is 44.0. The molecule has 0 aliphatic carbocycles. The Morgan fingerprint density at radius 3 is 2.74 bits per heavy atom. The molecule has 3 amide bonds. The number of tetrazole rings is 1. The first kappa shape index (κ1) is 20.2. The fraction of sp³-hybridized carbons (Fsp3) is 0.158. The largest absolute Gasteiger partial charge is 0.326 e. The first-order chi connectivity index (χ1) is 15.1. The molecule has 4 rings (SSSR count). The number of carbonyl (C=O) groups is 3. The van der Waals surface area contributed by atoms with Gasteiger partial charge < -0.3 is 10.6 Å². The van der Waals surface area contributed by atoms with Gasteiger partial charge in [-0.3, -0.25) is 14.4 Å². The summed E-state index contributed by atoms with van der Waals surface area (Å²) in [5.41, 5.74) is 2.10. The molecule has 0 bridgehead atoms. The van der Waals surface area contributed by atoms with Gasteiger partial charge >= 0.3 is 0 Å². The molecule has 12 heteroatoms. The summed E-state index contributed by atoms with van der Waals surface area (Å²) < 4.78 is 1.51. The van der Waals surface area contributed by atoms with Crippen molar-refractivity contribution in [2.45, 2.75) is 12.8 Å². The molecular weight excluding hydrogens is 420 g/mol. The summed E-state index contributed by atoms with van der Waals surface area (Å²) in [7, 11) is 0. The van der Waals surface area contributed by atoms with Crippen LogP contribution in [0.2, 0.25) is 0 Å². The number of allylic oxidation sites excluding steroid dienone is 1. The number of nitrogens with zero attached hydrogens (tertiary/aromatic N) is 6. The standard InChI is InChI=1S/C19H16N8O3S/c28-16(22-12-3-6-14(7-4-12)27-11-21-25-26-27)8-5-13-10-31-19(23-13)24-18(30)15-2-1-9-20-17(15)29/h1-4,6-7,9-11,15H,5,8H2,(H,22,28)(H,23,24,30). The monoisotopic (exact) mass is 436 g/mol. The highest BCUT2D eigenvalue weighted by molar-refractivity contribution is 7.13. The molecule has 2 N–H and O–H groups in total. The maximum absolute atomic E-state index is 12.2. The van der Waals surface area contributed by atoms with E-state index in [2.05, 4.69) is 36.1 Å². The van der Waals surface area contributed by atoms with Gasteiger partial charge in [0.1, 0.15) is 12.2 Å². The molecule has 0 spiro atoms. The van der Waals surface area contributed by atoms with Crippen LogP contribution in [0.5, 0.6) is 0 Å². The molecule has 1 atom stereocenters. The van der Waals surface area contributed by atoms with Gasteiger partial charge in [-0.2, -0.15) is 0 Å². The van der Waals surface area contributed by atoms with Crippen LogP contribution in [-0.2, 0) is 20.8 Å². The predicted molar refractivity (Wildman–Crippen MR) is 113 cm³/mol. The average molecular weight is 436 g/mol. The Balaban J connectivity index is 1.26. The third kappa shape index (κ3) is 5.11. The molecule has 0 fully saturated rings. The van der Waals surface area contributed by atoms with Crippen molar-refractivity contribution in [1.82, 2.24) is 25.2 Å². The van der Waals surface area contributed by atoms with Crippen molar-refractivity contribution < 1.29 is 14.4 Å². The maximum Gasteiger partial charge on any atom is 0.262 e. The van der Waals surface area contributed by atoms with Gasteiger partial charge in [0.2, 0.25) is 11.8 Å². The molecular formula is C19H16N8O3S. The zero-order valence-electron chi connectivity index (χ0n) is 16.0. The summed E-state index contributed by atoms with van der Waals surface area (Å²) in [6, 6.07) is 7.10. The lowest BCUT2D eigenvalue weighted by atomic mass is 10.1. The van der Waals surface area contributed by atoms with Crippen LogP contribution in [0.25, 0.3) is 5.69 Å². The third-order valence-electron chi connectivity index (χ3n) is 4.29. The minimum absolute atomic E-state index is 0.162. The van der Waals surface area contributed by atoms with Gasteiger partial charge in [-0.1, -0.05) is 6.08 Å². The summed E-state index contributed by atoms with van der Waals surface area (Å²) >= 11 is 1.23. The smallest absolute Gasteiger partial charge is 0.262 e. The number of aromatic nitrogens is 5. The van der Waals surface area contributed by atoms with Gasteiger partial charge in [0.15, 0.2) is 5.13 Å². The van der Waals surface area contributed by atoms with E-state index >= 15 is 0 Å². The van der Waals surface area contributed by atoms with Crippen molar-refractivity contribution in [3.05, 3.63) is 53.8 Å². The van der Waals surface area contributed by atoms with Crippen LogP contribution < -0.4 is 10.6 Å². The fourth-order valence-electron chi connectivity index (χ4n) is 2.74. The van der Waals surface area contributed by atoms with Crippen molar-refractivity contribution in [2.24, 2.45) is 10.9 Å². The molecule has 156 valence electrons. The van der Waals surface area contributed by atoms with E-state index in [0.717, 1.165) is 5.69 Å². The number of amides is 3. The van der Waals surface area contributed by atoms with Crippen LogP contribution in [0.1, 0.15) is 12.1 Å². The van der Waals surface area contributed by atoms with Crippen molar-refractivity contribution in [2.75, 3.05) is 10.6 Å². The van der Waals surface area contributed by atoms with E-state index in [4.69, 9.17) is 0 Å². The van der Waals surface area contributed by atoms with E-state index in [9.17, 15) is 14.4 Å². The molecule has 0 radical (unpaired) electrons. The molecule has 3 heterocycles. The summed E-state index contributed by atoms with van der Waals surface area (Å²) in [6.07, 6.45) is 6.50. The molecule has 1 aromatic carbocycles. The van der Waals surface area contributed by atoms with Gasteiger partial charge in [0, 0.05) is 23.7 Å². The van der Waals surface area contributed by atoms with Gasteiger partial charge in [-0.25, -0.2) is 14.7 Å². The summed E-state index contributed by atoms with van der Waals surface area (Å²) in [5, 5.41) is 18.5. The number of nitrogens with one attached hydrogen (secondary N) is 2. The SMILES string of the molecule is O=C(CCc1csc(NC(=O)C2C=CC=NC2=O)n1)Nc1ccc(-n2cnnn2)cc1. The lowest BCUT2D eigenvalue weighted by Crippen LogP contribution is -2.28. The van der Waals surface area contributed by atoms with E-state index in [1.54, 1.807) is 35.7 Å². The van der Waals surface area contributed by atoms with Gasteiger partial charge in [-0.15, -0.1) is 16.4 Å². The van der Waals surface area contributed by atoms with E-state index in [1.807, 2.05) is 0 Å². The fourth-order valence-corrected chi connectivity index (χ4v) is 3.49. The van der Waals surface area contributed by atoms with E-state index in [1.165, 1.54) is 34.6 Å². The van der Waals surface area contributed by atoms with Crippen molar-refractivity contribution in [1.29, 1.82) is 0 Å². The van der Waals surface area contributed by atoms with E-state index in [0.29, 0.717) is 22.9 Å². The highest BCUT2D eigenvalue weighted by Gasteiger charge is 2.25. The molecule has 1 unspecified atom stereocenters. The maximum atomic E-state index is 12.2. The molecule has 3 aromatic rings. The van der Waals surface area contributed by atoms with Crippen LogP contribution in [0, 0.1) is 5.92 Å². The second-order valence-electron chi connectivity index (χ2n) is 6.46. The number of aliphatic imine (C=N–C) groups is 1. The molecule has 1 aliphatic rings. The Morgan fingerprint density at radius 1 is 1.16 bits per heavy atom. The van der Waals surface area contributed by atoms with E-state index < -0.39 is 17.7 Å². The van der Waals surface area contributed by atoms with Crippen LogP contribution in [0.15, 0.2) is 53.1 Å². The molecule has 0 saturated heterocycles. The third-order valence-corrected chi connectivity index (χ3v) is 5.10. The highest BCUT2D eigenvalue weighted by atomic mass is 32.1. The van der Waals surface area contributed by atoms with Crippen LogP contribution in [-0.4, -0.2) is 49.1 Å². The second-order valence-corrected chi connectivity index (χ2v) is 7.32. The zero-order chi connectivity index (χ0) is 21.6. The quantitative estimate of drug-likeness (QED) is 0.533. The minimum atomic E-state index is -0.949. The van der Waals surface area contributed by atoms with Gasteiger partial charge in [-0.05, 0) is 47.2 Å². The molecule has 31 heavy (non-hydrogen) atoms. The number of hydrogen-bond donors (Lipinski definition) is 2. The topological polar surface area (TPSA) is 144 Å². The second kappa shape index (κ2) is 9.17. The first-order valence-electron chi connectivity index (χ1n) is 9.22. The van der Waals surface area contributed by atoms with Crippen molar-refractivity contribution in [3.8, 4) is 5.69 Å². The van der Waals surface area contributed by atoms with Crippen LogP contribution >= 0.6 is 11.3 Å². The number of hydrogen-bond acceptors (Lipinski definition) is 8. The molecule has 0 saturated carbocycles. The lowest BCUT2D eigenvalue weighted by molar-refractivity contribution is -0.128. The normalized spacial score (nSPS) is 15.1. The highest BCUT2D eigenvalue weighted by Crippen LogP contribution is 2.19. The first-order valence-corrected chi connectivity index (χ1v) is 10.1. The van der Waals surface area contributed by atoms with Gasteiger partial charge in [0.05, 0.1) is 11.4 Å². The Kier molecular flexibility index (Phi) is 5.98. The number of rotatable bonds is 7. The van der Waals surface area contributed by atoms with Crippen LogP contribution in [0.3, 0.4) is 0 Å². The minimum Gasteiger partial charge on any atom is -0.326 e. The van der Waals surface area contributed by atoms with Crippen molar-refractivity contribution >= 4 is 46.1 Å². The Hall–Kier alpha value is -4.06. The Morgan fingerprint density at radius 2 is 2.00 bits per heavy atom.